The van der Waals surface area contributed by atoms with Crippen LogP contribution in [0.15, 0.2) is 4.47 Å². The normalized spacial score (nSPS) is 23.7. The summed E-state index contributed by atoms with van der Waals surface area (Å²) in [5.41, 5.74) is 2.38. The molecule has 2 rings (SSSR count). The molecule has 0 aliphatic carbocycles. The molecule has 2 unspecified atom stereocenters. The average Bonchev–Trinajstić information content (AvgIpc) is 2.69. The van der Waals surface area contributed by atoms with E-state index in [0.29, 0.717) is 12.1 Å². The summed E-state index contributed by atoms with van der Waals surface area (Å²) >= 11 is 3.71. The van der Waals surface area contributed by atoms with Crippen LogP contribution in [0.4, 0.5) is 0 Å². The Hall–Kier alpha value is -0.390. The SMILES string of the molecule is CCCC1CN(Cc2c(Br)c(C)nn2C)C(CCC)CN1. The monoisotopic (exact) mass is 356 g/mol. The predicted molar refractivity (Wildman–Crippen MR) is 91.4 cm³/mol. The summed E-state index contributed by atoms with van der Waals surface area (Å²) in [5, 5.41) is 8.26. The Labute approximate surface area is 137 Å². The van der Waals surface area contributed by atoms with Gasteiger partial charge in [-0.05, 0) is 35.7 Å². The molecule has 0 aromatic carbocycles. The number of nitrogens with zero attached hydrogens (tertiary/aromatic N) is 3. The van der Waals surface area contributed by atoms with Crippen molar-refractivity contribution in [2.24, 2.45) is 7.05 Å². The Bertz CT molecular complexity index is 457. The van der Waals surface area contributed by atoms with Crippen LogP contribution in [-0.4, -0.2) is 39.9 Å². The first-order valence-electron chi connectivity index (χ1n) is 8.22. The number of aryl methyl sites for hydroxylation is 2. The fourth-order valence-electron chi connectivity index (χ4n) is 3.33. The highest BCUT2D eigenvalue weighted by Crippen LogP contribution is 2.24. The van der Waals surface area contributed by atoms with E-state index in [2.05, 4.69) is 52.0 Å². The van der Waals surface area contributed by atoms with Gasteiger partial charge in [0.15, 0.2) is 0 Å². The van der Waals surface area contributed by atoms with Crippen LogP contribution >= 0.6 is 15.9 Å². The molecule has 1 aliphatic heterocycles. The van der Waals surface area contributed by atoms with Crippen molar-refractivity contribution in [1.82, 2.24) is 20.0 Å². The van der Waals surface area contributed by atoms with Gasteiger partial charge >= 0.3 is 0 Å². The topological polar surface area (TPSA) is 33.1 Å². The number of hydrogen-bond donors (Lipinski definition) is 1. The summed E-state index contributed by atoms with van der Waals surface area (Å²) in [5.74, 6) is 0. The highest BCUT2D eigenvalue weighted by molar-refractivity contribution is 9.10. The third-order valence-electron chi connectivity index (χ3n) is 4.49. The van der Waals surface area contributed by atoms with Crippen LogP contribution < -0.4 is 5.32 Å². The van der Waals surface area contributed by atoms with Crippen LogP contribution in [0.2, 0.25) is 0 Å². The van der Waals surface area contributed by atoms with Crippen LogP contribution in [0.25, 0.3) is 0 Å². The first-order valence-corrected chi connectivity index (χ1v) is 9.01. The van der Waals surface area contributed by atoms with Crippen molar-refractivity contribution >= 4 is 15.9 Å². The number of halogens is 1. The second-order valence-corrected chi connectivity index (χ2v) is 7.03. The smallest absolute Gasteiger partial charge is 0.0739 e. The number of piperazine rings is 1. The van der Waals surface area contributed by atoms with E-state index in [4.69, 9.17) is 0 Å². The summed E-state index contributed by atoms with van der Waals surface area (Å²) in [7, 11) is 2.05. The van der Waals surface area contributed by atoms with Gasteiger partial charge in [0.25, 0.3) is 0 Å². The highest BCUT2D eigenvalue weighted by atomic mass is 79.9. The van der Waals surface area contributed by atoms with E-state index in [0.717, 1.165) is 25.3 Å². The molecule has 5 heteroatoms. The van der Waals surface area contributed by atoms with Crippen molar-refractivity contribution in [3.05, 3.63) is 15.9 Å². The molecule has 0 bridgehead atoms. The lowest BCUT2D eigenvalue weighted by Crippen LogP contribution is -2.56. The van der Waals surface area contributed by atoms with Gasteiger partial charge in [0, 0.05) is 38.8 Å². The third-order valence-corrected chi connectivity index (χ3v) is 5.52. The molecule has 1 aliphatic rings. The Kier molecular flexibility index (Phi) is 6.26. The third kappa shape index (κ3) is 4.08. The van der Waals surface area contributed by atoms with E-state index >= 15 is 0 Å². The molecule has 1 aromatic heterocycles. The van der Waals surface area contributed by atoms with Crippen molar-refractivity contribution in [3.8, 4) is 0 Å². The van der Waals surface area contributed by atoms with Gasteiger partial charge in [-0.3, -0.25) is 9.58 Å². The van der Waals surface area contributed by atoms with E-state index < -0.39 is 0 Å². The molecule has 0 amide bonds. The minimum atomic E-state index is 0.635. The van der Waals surface area contributed by atoms with Crippen molar-refractivity contribution in [2.75, 3.05) is 13.1 Å². The second-order valence-electron chi connectivity index (χ2n) is 6.24. The van der Waals surface area contributed by atoms with Crippen LogP contribution in [0.5, 0.6) is 0 Å². The van der Waals surface area contributed by atoms with E-state index in [1.807, 2.05) is 11.7 Å². The zero-order valence-electron chi connectivity index (χ0n) is 13.8. The van der Waals surface area contributed by atoms with E-state index in [1.54, 1.807) is 0 Å². The number of nitrogens with one attached hydrogen (secondary N) is 1. The Morgan fingerprint density at radius 3 is 2.57 bits per heavy atom. The van der Waals surface area contributed by atoms with Crippen molar-refractivity contribution in [2.45, 2.75) is 65.1 Å². The number of aromatic nitrogens is 2. The Balaban J connectivity index is 2.11. The average molecular weight is 357 g/mol. The maximum atomic E-state index is 4.53. The molecule has 21 heavy (non-hydrogen) atoms. The zero-order valence-corrected chi connectivity index (χ0v) is 15.4. The molecule has 0 spiro atoms. The van der Waals surface area contributed by atoms with Crippen LogP contribution in [0, 0.1) is 6.92 Å². The number of rotatable bonds is 6. The summed E-state index contributed by atoms with van der Waals surface area (Å²) < 4.78 is 3.20. The van der Waals surface area contributed by atoms with Crippen LogP contribution in [0.3, 0.4) is 0 Å². The van der Waals surface area contributed by atoms with Crippen molar-refractivity contribution < 1.29 is 0 Å². The zero-order chi connectivity index (χ0) is 15.4. The van der Waals surface area contributed by atoms with Crippen molar-refractivity contribution in [1.29, 1.82) is 0 Å². The van der Waals surface area contributed by atoms with Gasteiger partial charge < -0.3 is 5.32 Å². The molecule has 1 saturated heterocycles. The van der Waals surface area contributed by atoms with E-state index in [-0.39, 0.29) is 0 Å². The first-order chi connectivity index (χ1) is 10.1. The fraction of sp³-hybridized carbons (Fsp3) is 0.812. The minimum absolute atomic E-state index is 0.635. The molecule has 4 nitrogen and oxygen atoms in total. The molecule has 1 fully saturated rings. The molecule has 2 atom stereocenters. The number of hydrogen-bond acceptors (Lipinski definition) is 3. The maximum absolute atomic E-state index is 4.53. The molecule has 2 heterocycles. The van der Waals surface area contributed by atoms with Crippen molar-refractivity contribution in [3.63, 3.8) is 0 Å². The molecular formula is C16H29BrN4. The standard InChI is InChI=1S/C16H29BrN4/c1-5-7-13-10-21(14(8-6-2)9-18-13)11-15-16(17)12(3)19-20(15)4/h13-14,18H,5-11H2,1-4H3. The Morgan fingerprint density at radius 1 is 1.29 bits per heavy atom. The summed E-state index contributed by atoms with van der Waals surface area (Å²) in [6.45, 7) is 9.87. The van der Waals surface area contributed by atoms with Gasteiger partial charge in [0.05, 0.1) is 15.9 Å². The molecule has 0 radical (unpaired) electrons. The lowest BCUT2D eigenvalue weighted by Gasteiger charge is -2.40. The molecule has 1 aromatic rings. The lowest BCUT2D eigenvalue weighted by molar-refractivity contribution is 0.109. The molecular weight excluding hydrogens is 328 g/mol. The molecule has 120 valence electrons. The summed E-state index contributed by atoms with van der Waals surface area (Å²) in [4.78, 5) is 2.65. The second kappa shape index (κ2) is 7.75. The van der Waals surface area contributed by atoms with E-state index in [9.17, 15) is 0 Å². The first kappa shape index (κ1) is 17.0. The lowest BCUT2D eigenvalue weighted by atomic mass is 10.0. The van der Waals surface area contributed by atoms with Crippen LogP contribution in [0.1, 0.15) is 50.9 Å². The van der Waals surface area contributed by atoms with Gasteiger partial charge in [-0.25, -0.2) is 0 Å². The van der Waals surface area contributed by atoms with Gasteiger partial charge in [0.2, 0.25) is 0 Å². The maximum Gasteiger partial charge on any atom is 0.0739 e. The van der Waals surface area contributed by atoms with Gasteiger partial charge in [-0.15, -0.1) is 0 Å². The minimum Gasteiger partial charge on any atom is -0.311 e. The summed E-state index contributed by atoms with van der Waals surface area (Å²) in [6.07, 6.45) is 5.02. The van der Waals surface area contributed by atoms with E-state index in [1.165, 1.54) is 35.8 Å². The summed E-state index contributed by atoms with van der Waals surface area (Å²) in [6, 6.07) is 1.28. The Morgan fingerprint density at radius 2 is 2.00 bits per heavy atom. The van der Waals surface area contributed by atoms with Gasteiger partial charge in [-0.2, -0.15) is 5.10 Å². The van der Waals surface area contributed by atoms with Gasteiger partial charge in [0.1, 0.15) is 0 Å². The van der Waals surface area contributed by atoms with Gasteiger partial charge in [-0.1, -0.05) is 26.7 Å². The van der Waals surface area contributed by atoms with Crippen LogP contribution in [-0.2, 0) is 13.6 Å². The molecule has 1 N–H and O–H groups in total. The largest absolute Gasteiger partial charge is 0.311 e. The quantitative estimate of drug-likeness (QED) is 0.849. The predicted octanol–water partition coefficient (Wildman–Crippen LogP) is 3.23. The molecule has 0 saturated carbocycles. The fourth-order valence-corrected chi connectivity index (χ4v) is 3.79. The highest BCUT2D eigenvalue weighted by Gasteiger charge is 2.28.